The highest BCUT2D eigenvalue weighted by Crippen LogP contribution is 2.33. The predicted molar refractivity (Wildman–Crippen MR) is 75.7 cm³/mol. The van der Waals surface area contributed by atoms with E-state index in [1.54, 1.807) is 0 Å². The monoisotopic (exact) mass is 261 g/mol. The van der Waals surface area contributed by atoms with Crippen molar-refractivity contribution in [3.05, 3.63) is 29.8 Å². The lowest BCUT2D eigenvalue weighted by Crippen LogP contribution is -2.32. The van der Waals surface area contributed by atoms with Crippen molar-refractivity contribution >= 4 is 0 Å². The molecule has 3 nitrogen and oxygen atoms in total. The van der Waals surface area contributed by atoms with Crippen LogP contribution in [0.15, 0.2) is 24.3 Å². The fourth-order valence-corrected chi connectivity index (χ4v) is 3.03. The van der Waals surface area contributed by atoms with Crippen LogP contribution in [0.2, 0.25) is 0 Å². The molecule has 0 spiro atoms. The Morgan fingerprint density at radius 3 is 3.05 bits per heavy atom. The van der Waals surface area contributed by atoms with Gasteiger partial charge in [-0.25, -0.2) is 0 Å². The summed E-state index contributed by atoms with van der Waals surface area (Å²) in [7, 11) is 0. The summed E-state index contributed by atoms with van der Waals surface area (Å²) in [5.41, 5.74) is 1.32. The van der Waals surface area contributed by atoms with Crippen LogP contribution in [-0.4, -0.2) is 32.9 Å². The van der Waals surface area contributed by atoms with E-state index in [1.165, 1.54) is 24.9 Å². The first kappa shape index (κ1) is 12.9. The van der Waals surface area contributed by atoms with Crippen molar-refractivity contribution in [3.63, 3.8) is 0 Å². The molecule has 3 rings (SSSR count). The Kier molecular flexibility index (Phi) is 4.36. The highest BCUT2D eigenvalue weighted by molar-refractivity contribution is 5.37. The fraction of sp³-hybridized carbons (Fsp3) is 0.625. The van der Waals surface area contributed by atoms with Crippen LogP contribution < -0.4 is 10.1 Å². The standard InChI is InChI=1S/C16H23NO2/c1-2-6-16-15(5-1)14(7-9-19-16)12-18-11-13-4-3-8-17-10-13/h1-2,5-6,13-14,17H,3-4,7-12H2. The Bertz CT molecular complexity index is 401. The maximum atomic E-state index is 5.97. The van der Waals surface area contributed by atoms with Crippen molar-refractivity contribution < 1.29 is 9.47 Å². The highest BCUT2D eigenvalue weighted by Gasteiger charge is 2.21. The van der Waals surface area contributed by atoms with Gasteiger partial charge in [-0.2, -0.15) is 0 Å². The first-order valence-corrected chi connectivity index (χ1v) is 7.43. The summed E-state index contributed by atoms with van der Waals surface area (Å²) in [5, 5.41) is 3.44. The topological polar surface area (TPSA) is 30.5 Å². The summed E-state index contributed by atoms with van der Waals surface area (Å²) in [6, 6.07) is 8.36. The molecule has 3 heteroatoms. The van der Waals surface area contributed by atoms with E-state index in [9.17, 15) is 0 Å². The second-order valence-corrected chi connectivity index (χ2v) is 5.62. The van der Waals surface area contributed by atoms with Crippen molar-refractivity contribution in [3.8, 4) is 5.75 Å². The third-order valence-electron chi connectivity index (χ3n) is 4.15. The number of nitrogens with one attached hydrogen (secondary N) is 1. The molecular weight excluding hydrogens is 238 g/mol. The average Bonchev–Trinajstić information content (AvgIpc) is 2.49. The largest absolute Gasteiger partial charge is 0.493 e. The number of hydrogen-bond acceptors (Lipinski definition) is 3. The molecule has 2 heterocycles. The van der Waals surface area contributed by atoms with Crippen LogP contribution in [0.25, 0.3) is 0 Å². The van der Waals surface area contributed by atoms with Gasteiger partial charge in [-0.3, -0.25) is 0 Å². The Balaban J connectivity index is 1.50. The lowest BCUT2D eigenvalue weighted by molar-refractivity contribution is 0.0707. The van der Waals surface area contributed by atoms with E-state index in [-0.39, 0.29) is 0 Å². The second kappa shape index (κ2) is 6.40. The number of rotatable bonds is 4. The molecular formula is C16H23NO2. The molecule has 2 aliphatic rings. The van der Waals surface area contributed by atoms with Gasteiger partial charge in [0.2, 0.25) is 0 Å². The van der Waals surface area contributed by atoms with Crippen molar-refractivity contribution in [2.24, 2.45) is 5.92 Å². The van der Waals surface area contributed by atoms with Gasteiger partial charge in [-0.15, -0.1) is 0 Å². The molecule has 104 valence electrons. The Morgan fingerprint density at radius 1 is 1.21 bits per heavy atom. The van der Waals surface area contributed by atoms with Gasteiger partial charge in [0.25, 0.3) is 0 Å². The zero-order valence-electron chi connectivity index (χ0n) is 11.4. The molecule has 0 aliphatic carbocycles. The van der Waals surface area contributed by atoms with Crippen molar-refractivity contribution in [1.82, 2.24) is 5.32 Å². The van der Waals surface area contributed by atoms with E-state index in [2.05, 4.69) is 23.5 Å². The van der Waals surface area contributed by atoms with Crippen LogP contribution in [0.4, 0.5) is 0 Å². The van der Waals surface area contributed by atoms with Gasteiger partial charge in [0.15, 0.2) is 0 Å². The van der Waals surface area contributed by atoms with Crippen LogP contribution in [-0.2, 0) is 4.74 Å². The number of piperidine rings is 1. The molecule has 1 N–H and O–H groups in total. The van der Waals surface area contributed by atoms with Crippen LogP contribution in [0.5, 0.6) is 5.75 Å². The maximum Gasteiger partial charge on any atom is 0.122 e. The number of ether oxygens (including phenoxy) is 2. The summed E-state index contributed by atoms with van der Waals surface area (Å²) in [5.74, 6) is 2.24. The lowest BCUT2D eigenvalue weighted by atomic mass is 9.94. The molecule has 2 atom stereocenters. The van der Waals surface area contributed by atoms with Crippen LogP contribution in [0, 0.1) is 5.92 Å². The molecule has 0 radical (unpaired) electrons. The quantitative estimate of drug-likeness (QED) is 0.903. The van der Waals surface area contributed by atoms with E-state index in [0.717, 1.165) is 38.5 Å². The van der Waals surface area contributed by atoms with E-state index >= 15 is 0 Å². The van der Waals surface area contributed by atoms with Crippen molar-refractivity contribution in [2.45, 2.75) is 25.2 Å². The van der Waals surface area contributed by atoms with Gasteiger partial charge in [-0.05, 0) is 43.4 Å². The summed E-state index contributed by atoms with van der Waals surface area (Å²) < 4.78 is 11.7. The molecule has 19 heavy (non-hydrogen) atoms. The van der Waals surface area contributed by atoms with Gasteiger partial charge >= 0.3 is 0 Å². The zero-order chi connectivity index (χ0) is 12.9. The van der Waals surface area contributed by atoms with Gasteiger partial charge in [0.1, 0.15) is 5.75 Å². The zero-order valence-corrected chi connectivity index (χ0v) is 11.4. The Hall–Kier alpha value is -1.06. The Labute approximate surface area is 115 Å². The average molecular weight is 261 g/mol. The lowest BCUT2D eigenvalue weighted by Gasteiger charge is -2.27. The summed E-state index contributed by atoms with van der Waals surface area (Å²) >= 11 is 0. The van der Waals surface area contributed by atoms with Crippen LogP contribution >= 0.6 is 0 Å². The minimum absolute atomic E-state index is 0.501. The summed E-state index contributed by atoms with van der Waals surface area (Å²) in [6.45, 7) is 4.83. The second-order valence-electron chi connectivity index (χ2n) is 5.62. The van der Waals surface area contributed by atoms with Gasteiger partial charge in [0.05, 0.1) is 19.8 Å². The summed E-state index contributed by atoms with van der Waals surface area (Å²) in [4.78, 5) is 0. The molecule has 2 aliphatic heterocycles. The fourth-order valence-electron chi connectivity index (χ4n) is 3.03. The normalized spacial score (nSPS) is 26.5. The van der Waals surface area contributed by atoms with Crippen LogP contribution in [0.1, 0.15) is 30.7 Å². The molecule has 0 bridgehead atoms. The molecule has 0 aromatic heterocycles. The first-order chi connectivity index (χ1) is 9.43. The van der Waals surface area contributed by atoms with Gasteiger partial charge in [0, 0.05) is 12.5 Å². The minimum Gasteiger partial charge on any atom is -0.493 e. The molecule has 1 aromatic rings. The minimum atomic E-state index is 0.501. The number of fused-ring (bicyclic) bond motifs is 1. The SMILES string of the molecule is c1ccc2c(c1)OCCC2COCC1CCCNC1. The van der Waals surface area contributed by atoms with E-state index in [4.69, 9.17) is 9.47 Å². The number of benzene rings is 1. The molecule has 2 unspecified atom stereocenters. The Morgan fingerprint density at radius 2 is 2.16 bits per heavy atom. The third kappa shape index (κ3) is 3.28. The van der Waals surface area contributed by atoms with Gasteiger partial charge < -0.3 is 14.8 Å². The highest BCUT2D eigenvalue weighted by atomic mass is 16.5. The van der Waals surface area contributed by atoms with Crippen molar-refractivity contribution in [2.75, 3.05) is 32.9 Å². The van der Waals surface area contributed by atoms with Crippen molar-refractivity contribution in [1.29, 1.82) is 0 Å². The summed E-state index contributed by atoms with van der Waals surface area (Å²) in [6.07, 6.45) is 3.66. The maximum absolute atomic E-state index is 5.97. The van der Waals surface area contributed by atoms with Crippen LogP contribution in [0.3, 0.4) is 0 Å². The van der Waals surface area contributed by atoms with E-state index in [1.807, 2.05) is 6.07 Å². The first-order valence-electron chi connectivity index (χ1n) is 7.43. The predicted octanol–water partition coefficient (Wildman–Crippen LogP) is 2.57. The number of hydrogen-bond donors (Lipinski definition) is 1. The van der Waals surface area contributed by atoms with E-state index < -0.39 is 0 Å². The number of para-hydroxylation sites is 1. The molecule has 0 saturated carbocycles. The molecule has 0 amide bonds. The van der Waals surface area contributed by atoms with Gasteiger partial charge in [-0.1, -0.05) is 18.2 Å². The third-order valence-corrected chi connectivity index (χ3v) is 4.15. The van der Waals surface area contributed by atoms with E-state index in [0.29, 0.717) is 11.8 Å². The smallest absolute Gasteiger partial charge is 0.122 e. The molecule has 1 saturated heterocycles. The molecule has 1 fully saturated rings. The molecule has 1 aromatic carbocycles.